The summed E-state index contributed by atoms with van der Waals surface area (Å²) >= 11 is 0. The molecular weight excluding hydrogens is 350 g/mol. The van der Waals surface area contributed by atoms with E-state index in [2.05, 4.69) is 5.32 Å². The largest absolute Gasteiger partial charge is 0.497 e. The highest BCUT2D eigenvalue weighted by molar-refractivity contribution is 7.92. The van der Waals surface area contributed by atoms with E-state index in [9.17, 15) is 13.5 Å². The van der Waals surface area contributed by atoms with Crippen LogP contribution in [0.25, 0.3) is 0 Å². The first-order chi connectivity index (χ1) is 12.4. The van der Waals surface area contributed by atoms with Crippen LogP contribution < -0.4 is 10.1 Å². The van der Waals surface area contributed by atoms with Gasteiger partial charge in [0.1, 0.15) is 11.1 Å². The number of sulfone groups is 1. The second-order valence-electron chi connectivity index (χ2n) is 7.32. The molecule has 5 nitrogen and oxygen atoms in total. The average molecular weight is 373 g/mol. The summed E-state index contributed by atoms with van der Waals surface area (Å²) in [5.41, 5.74) is 1.96. The van der Waals surface area contributed by atoms with Crippen LogP contribution in [0.2, 0.25) is 0 Å². The lowest BCUT2D eigenvalue weighted by molar-refractivity contribution is 0.118. The number of aliphatic hydroxyl groups excluding tert-OH is 1. The first-order valence-corrected chi connectivity index (χ1v) is 10.3. The minimum absolute atomic E-state index is 0.293. The van der Waals surface area contributed by atoms with Crippen molar-refractivity contribution >= 4 is 9.84 Å². The van der Waals surface area contributed by atoms with E-state index in [1.807, 2.05) is 31.2 Å². The number of ether oxygens (including phenoxy) is 1. The fourth-order valence-corrected chi connectivity index (χ4v) is 5.53. The second-order valence-corrected chi connectivity index (χ2v) is 9.45. The molecule has 0 aromatic heterocycles. The number of benzene rings is 2. The number of rotatable bonds is 3. The number of methoxy groups -OCH3 is 1. The maximum absolute atomic E-state index is 13.3. The van der Waals surface area contributed by atoms with Gasteiger partial charge in [0.25, 0.3) is 0 Å². The smallest absolute Gasteiger partial charge is 0.194 e. The molecule has 1 spiro atoms. The number of hydrogen-bond acceptors (Lipinski definition) is 5. The summed E-state index contributed by atoms with van der Waals surface area (Å²) in [6.45, 7) is 1.88. The first-order valence-electron chi connectivity index (χ1n) is 8.79. The van der Waals surface area contributed by atoms with Gasteiger partial charge in [-0.2, -0.15) is 0 Å². The molecule has 0 radical (unpaired) electrons. The van der Waals surface area contributed by atoms with Crippen LogP contribution in [0.1, 0.15) is 35.6 Å². The van der Waals surface area contributed by atoms with Gasteiger partial charge in [-0.3, -0.25) is 5.32 Å². The van der Waals surface area contributed by atoms with E-state index in [-0.39, 0.29) is 0 Å². The summed E-state index contributed by atoms with van der Waals surface area (Å²) in [6.07, 6.45) is 1.10. The molecule has 6 heteroatoms. The molecule has 138 valence electrons. The van der Waals surface area contributed by atoms with Crippen molar-refractivity contribution in [1.82, 2.24) is 5.32 Å². The summed E-state index contributed by atoms with van der Waals surface area (Å²) < 4.78 is 31.9. The van der Waals surface area contributed by atoms with Crippen molar-refractivity contribution in [2.75, 3.05) is 7.11 Å². The Balaban J connectivity index is 1.80. The third-order valence-electron chi connectivity index (χ3n) is 5.50. The van der Waals surface area contributed by atoms with Crippen LogP contribution in [0.15, 0.2) is 47.4 Å². The van der Waals surface area contributed by atoms with Gasteiger partial charge in [0.05, 0.1) is 18.1 Å². The number of fused-ring (bicyclic) bond motifs is 1. The summed E-state index contributed by atoms with van der Waals surface area (Å²) in [6, 6.07) is 12.5. The molecular formula is C20H23NO4S. The summed E-state index contributed by atoms with van der Waals surface area (Å²) in [7, 11) is -2.01. The predicted molar refractivity (Wildman–Crippen MR) is 98.9 cm³/mol. The normalized spacial score (nSPS) is 24.0. The van der Waals surface area contributed by atoms with Crippen molar-refractivity contribution in [3.05, 3.63) is 59.2 Å². The molecule has 4 rings (SSSR count). The standard InChI is InChI=1S/C20H23NO4S/c1-13-4-3-5-16(10-13)26(23,24)18-12-14-11-15(25-2)6-7-17(14)19(22)20(21-18)8-9-20/h3-7,10-11,18-19,21-22H,8-9,12H2,1-2H3. The molecule has 2 N–H and O–H groups in total. The molecule has 2 unspecified atom stereocenters. The predicted octanol–water partition coefficient (Wildman–Crippen LogP) is 2.52. The Labute approximate surface area is 153 Å². The fraction of sp³-hybridized carbons (Fsp3) is 0.400. The molecule has 2 atom stereocenters. The minimum Gasteiger partial charge on any atom is -0.497 e. The highest BCUT2D eigenvalue weighted by atomic mass is 32.2. The van der Waals surface area contributed by atoms with Gasteiger partial charge in [-0.25, -0.2) is 8.42 Å². The number of hydrogen-bond donors (Lipinski definition) is 2. The lowest BCUT2D eigenvalue weighted by atomic mass is 9.96. The van der Waals surface area contributed by atoms with Crippen molar-refractivity contribution in [2.45, 2.75) is 48.1 Å². The number of aryl methyl sites for hydroxylation is 1. The molecule has 0 saturated heterocycles. The highest BCUT2D eigenvalue weighted by Gasteiger charge is 2.54. The fourth-order valence-electron chi connectivity index (χ4n) is 3.80. The highest BCUT2D eigenvalue weighted by Crippen LogP contribution is 2.49. The third-order valence-corrected chi connectivity index (χ3v) is 7.45. The topological polar surface area (TPSA) is 75.6 Å². The van der Waals surface area contributed by atoms with Crippen LogP contribution in [-0.4, -0.2) is 31.5 Å². The molecule has 2 aromatic carbocycles. The summed E-state index contributed by atoms with van der Waals surface area (Å²) in [5, 5.41) is 13.4. The Hall–Kier alpha value is -1.89. The van der Waals surface area contributed by atoms with Gasteiger partial charge in [0.15, 0.2) is 9.84 Å². The van der Waals surface area contributed by atoms with E-state index in [0.717, 1.165) is 29.5 Å². The van der Waals surface area contributed by atoms with Gasteiger partial charge in [0.2, 0.25) is 0 Å². The molecule has 0 bridgehead atoms. The van der Waals surface area contributed by atoms with Gasteiger partial charge in [0, 0.05) is 12.0 Å². The van der Waals surface area contributed by atoms with Crippen LogP contribution in [0.4, 0.5) is 0 Å². The zero-order valence-electron chi connectivity index (χ0n) is 14.9. The molecule has 1 heterocycles. The quantitative estimate of drug-likeness (QED) is 0.865. The zero-order valence-corrected chi connectivity index (χ0v) is 15.7. The average Bonchev–Trinajstić information content (AvgIpc) is 3.42. The van der Waals surface area contributed by atoms with Crippen LogP contribution in [-0.2, 0) is 16.3 Å². The third kappa shape index (κ3) is 2.82. The molecule has 1 saturated carbocycles. The second kappa shape index (κ2) is 6.08. The Morgan fingerprint density at radius 1 is 1.19 bits per heavy atom. The van der Waals surface area contributed by atoms with Gasteiger partial charge in [-0.15, -0.1) is 0 Å². The molecule has 1 aliphatic carbocycles. The first kappa shape index (κ1) is 17.5. The summed E-state index contributed by atoms with van der Waals surface area (Å²) in [4.78, 5) is 0.312. The van der Waals surface area contributed by atoms with Gasteiger partial charge >= 0.3 is 0 Å². The van der Waals surface area contributed by atoms with Crippen LogP contribution in [0, 0.1) is 6.92 Å². The number of aliphatic hydroxyl groups is 1. The Morgan fingerprint density at radius 3 is 2.62 bits per heavy atom. The van der Waals surface area contributed by atoms with Crippen molar-refractivity contribution in [1.29, 1.82) is 0 Å². The van der Waals surface area contributed by atoms with Crippen LogP contribution in [0.5, 0.6) is 5.75 Å². The molecule has 1 aliphatic heterocycles. The van der Waals surface area contributed by atoms with Gasteiger partial charge in [-0.05, 0) is 60.7 Å². The summed E-state index contributed by atoms with van der Waals surface area (Å²) in [5.74, 6) is 0.661. The lowest BCUT2D eigenvalue weighted by Gasteiger charge is -2.25. The van der Waals surface area contributed by atoms with Crippen molar-refractivity contribution in [2.24, 2.45) is 0 Å². The monoisotopic (exact) mass is 373 g/mol. The van der Waals surface area contributed by atoms with Crippen molar-refractivity contribution in [3.63, 3.8) is 0 Å². The molecule has 26 heavy (non-hydrogen) atoms. The Bertz CT molecular complexity index is 950. The van der Waals surface area contributed by atoms with Gasteiger partial charge in [-0.1, -0.05) is 18.2 Å². The van der Waals surface area contributed by atoms with E-state index in [0.29, 0.717) is 17.1 Å². The van der Waals surface area contributed by atoms with Gasteiger partial charge < -0.3 is 9.84 Å². The van der Waals surface area contributed by atoms with E-state index in [4.69, 9.17) is 4.74 Å². The van der Waals surface area contributed by atoms with E-state index in [1.165, 1.54) is 0 Å². The number of nitrogens with one attached hydrogen (secondary N) is 1. The van der Waals surface area contributed by atoms with E-state index >= 15 is 0 Å². The Kier molecular flexibility index (Phi) is 4.10. The Morgan fingerprint density at radius 2 is 1.96 bits per heavy atom. The maximum Gasteiger partial charge on any atom is 0.194 e. The molecule has 2 aliphatic rings. The minimum atomic E-state index is -3.59. The SMILES string of the molecule is COc1ccc2c(c1)CC(S(=O)(=O)c1cccc(C)c1)NC1(CC1)C2O. The van der Waals surface area contributed by atoms with E-state index in [1.54, 1.807) is 25.3 Å². The molecule has 2 aromatic rings. The lowest BCUT2D eigenvalue weighted by Crippen LogP contribution is -2.47. The van der Waals surface area contributed by atoms with Crippen LogP contribution in [0.3, 0.4) is 0 Å². The van der Waals surface area contributed by atoms with Crippen molar-refractivity contribution < 1.29 is 18.3 Å². The molecule has 0 amide bonds. The van der Waals surface area contributed by atoms with E-state index < -0.39 is 26.9 Å². The van der Waals surface area contributed by atoms with Crippen molar-refractivity contribution in [3.8, 4) is 5.75 Å². The van der Waals surface area contributed by atoms with Crippen LogP contribution >= 0.6 is 0 Å². The zero-order chi connectivity index (χ0) is 18.5. The molecule has 1 fully saturated rings. The maximum atomic E-state index is 13.3.